The molecule has 1 heterocycles. The van der Waals surface area contributed by atoms with E-state index in [0.717, 1.165) is 6.20 Å². The summed E-state index contributed by atoms with van der Waals surface area (Å²) in [5, 5.41) is 8.49. The number of nitrogens with one attached hydrogen (secondary N) is 1. The molecule has 2 rings (SSSR count). The van der Waals surface area contributed by atoms with Crippen molar-refractivity contribution in [2.24, 2.45) is 0 Å². The molecule has 0 saturated carbocycles. The van der Waals surface area contributed by atoms with Crippen molar-refractivity contribution < 1.29 is 18.7 Å². The molecule has 17 heavy (non-hydrogen) atoms. The Morgan fingerprint density at radius 2 is 2.06 bits per heavy atom. The van der Waals surface area contributed by atoms with Crippen molar-refractivity contribution >= 4 is 32.8 Å². The number of carboxylic acid groups (broad SMARTS) is 1. The van der Waals surface area contributed by atoms with Crippen LogP contribution in [0.2, 0.25) is 0 Å². The lowest BCUT2D eigenvalue weighted by Gasteiger charge is -2.04. The standard InChI is InChI=1S/C10H4BrF2NO3/c11-6-7(13)5(12)1-3-8(6)14-2-4(9(3)15)10(16)17/h1-2H,(H,14,15)(H,16,17). The van der Waals surface area contributed by atoms with Crippen molar-refractivity contribution in [2.75, 3.05) is 0 Å². The van der Waals surface area contributed by atoms with Crippen LogP contribution in [-0.2, 0) is 0 Å². The number of halogens is 3. The first kappa shape index (κ1) is 11.7. The molecular weight excluding hydrogens is 300 g/mol. The summed E-state index contributed by atoms with van der Waals surface area (Å²) < 4.78 is 26.1. The van der Waals surface area contributed by atoms with E-state index in [-0.39, 0.29) is 15.4 Å². The Balaban J connectivity index is 2.98. The molecule has 88 valence electrons. The minimum absolute atomic E-state index is 0.0129. The van der Waals surface area contributed by atoms with Gasteiger partial charge in [-0.3, -0.25) is 4.79 Å². The van der Waals surface area contributed by atoms with Crippen molar-refractivity contribution in [1.29, 1.82) is 0 Å². The number of H-pyrrole nitrogens is 1. The third kappa shape index (κ3) is 1.72. The van der Waals surface area contributed by atoms with Gasteiger partial charge in [-0.2, -0.15) is 0 Å². The number of rotatable bonds is 1. The van der Waals surface area contributed by atoms with E-state index in [2.05, 4.69) is 20.9 Å². The van der Waals surface area contributed by atoms with Gasteiger partial charge in [-0.1, -0.05) is 0 Å². The van der Waals surface area contributed by atoms with Crippen LogP contribution in [0.25, 0.3) is 10.9 Å². The fourth-order valence-electron chi connectivity index (χ4n) is 1.43. The number of hydrogen-bond donors (Lipinski definition) is 2. The summed E-state index contributed by atoms with van der Waals surface area (Å²) in [7, 11) is 0. The molecule has 4 nitrogen and oxygen atoms in total. The summed E-state index contributed by atoms with van der Waals surface area (Å²) in [5.74, 6) is -3.80. The maximum Gasteiger partial charge on any atom is 0.341 e. The zero-order valence-corrected chi connectivity index (χ0v) is 9.64. The van der Waals surface area contributed by atoms with Gasteiger partial charge in [0.05, 0.1) is 15.4 Å². The van der Waals surface area contributed by atoms with Gasteiger partial charge < -0.3 is 10.1 Å². The smallest absolute Gasteiger partial charge is 0.341 e. The quantitative estimate of drug-likeness (QED) is 0.794. The average molecular weight is 304 g/mol. The van der Waals surface area contributed by atoms with E-state index < -0.39 is 28.6 Å². The van der Waals surface area contributed by atoms with E-state index in [1.165, 1.54) is 0 Å². The molecule has 2 N–H and O–H groups in total. The Kier molecular flexibility index (Phi) is 2.70. The minimum Gasteiger partial charge on any atom is -0.477 e. The summed E-state index contributed by atoms with van der Waals surface area (Å²) in [6.07, 6.45) is 0.940. The first-order valence-electron chi connectivity index (χ1n) is 4.35. The largest absolute Gasteiger partial charge is 0.477 e. The number of carboxylic acids is 1. The van der Waals surface area contributed by atoms with Crippen LogP contribution in [0.4, 0.5) is 8.78 Å². The van der Waals surface area contributed by atoms with Gasteiger partial charge in [-0.15, -0.1) is 0 Å². The Hall–Kier alpha value is -1.76. The Labute approximate surface area is 101 Å². The van der Waals surface area contributed by atoms with Gasteiger partial charge in [0, 0.05) is 6.20 Å². The molecule has 0 aliphatic rings. The van der Waals surface area contributed by atoms with Gasteiger partial charge in [-0.05, 0) is 22.0 Å². The third-order valence-electron chi connectivity index (χ3n) is 2.24. The van der Waals surface area contributed by atoms with Crippen LogP contribution in [0.3, 0.4) is 0 Å². The predicted molar refractivity (Wildman–Crippen MR) is 59.1 cm³/mol. The minimum atomic E-state index is -1.44. The molecule has 0 aliphatic carbocycles. The van der Waals surface area contributed by atoms with Gasteiger partial charge >= 0.3 is 5.97 Å². The number of carbonyl (C=O) groups is 1. The second-order valence-corrected chi connectivity index (χ2v) is 4.04. The van der Waals surface area contributed by atoms with E-state index in [0.29, 0.717) is 6.07 Å². The molecule has 0 saturated heterocycles. The highest BCUT2D eigenvalue weighted by Gasteiger charge is 2.17. The molecule has 0 atom stereocenters. The van der Waals surface area contributed by atoms with Crippen LogP contribution >= 0.6 is 15.9 Å². The Morgan fingerprint density at radius 3 is 2.65 bits per heavy atom. The molecule has 0 radical (unpaired) electrons. The second kappa shape index (κ2) is 3.92. The molecule has 0 fully saturated rings. The van der Waals surface area contributed by atoms with Crippen LogP contribution < -0.4 is 5.43 Å². The summed E-state index contributed by atoms with van der Waals surface area (Å²) in [6.45, 7) is 0. The van der Waals surface area contributed by atoms with Crippen molar-refractivity contribution in [2.45, 2.75) is 0 Å². The zero-order valence-electron chi connectivity index (χ0n) is 8.05. The van der Waals surface area contributed by atoms with Gasteiger partial charge in [0.25, 0.3) is 0 Å². The van der Waals surface area contributed by atoms with E-state index in [1.807, 2.05) is 0 Å². The summed E-state index contributed by atoms with van der Waals surface area (Å²) in [6, 6.07) is 0.667. The van der Waals surface area contributed by atoms with Crippen molar-refractivity contribution in [1.82, 2.24) is 4.98 Å². The molecule has 0 aliphatic heterocycles. The number of aromatic nitrogens is 1. The number of hydrogen-bond acceptors (Lipinski definition) is 2. The summed E-state index contributed by atoms with van der Waals surface area (Å²) >= 11 is 2.79. The normalized spacial score (nSPS) is 10.8. The zero-order chi connectivity index (χ0) is 12.7. The third-order valence-corrected chi connectivity index (χ3v) is 2.99. The van der Waals surface area contributed by atoms with Gasteiger partial charge in [-0.25, -0.2) is 13.6 Å². The summed E-state index contributed by atoms with van der Waals surface area (Å²) in [5.41, 5.74) is -1.39. The predicted octanol–water partition coefficient (Wildman–Crippen LogP) is 2.27. The van der Waals surface area contributed by atoms with Gasteiger partial charge in [0.1, 0.15) is 5.56 Å². The molecule has 7 heteroatoms. The highest BCUT2D eigenvalue weighted by molar-refractivity contribution is 9.10. The molecule has 0 bridgehead atoms. The molecule has 1 aromatic carbocycles. The maximum atomic E-state index is 13.2. The van der Waals surface area contributed by atoms with E-state index in [1.54, 1.807) is 0 Å². The highest BCUT2D eigenvalue weighted by atomic mass is 79.9. The molecule has 1 aromatic heterocycles. The van der Waals surface area contributed by atoms with Crippen molar-refractivity contribution in [3.05, 3.63) is 44.2 Å². The number of pyridine rings is 1. The van der Waals surface area contributed by atoms with Crippen LogP contribution in [0.5, 0.6) is 0 Å². The van der Waals surface area contributed by atoms with Gasteiger partial charge in [0.15, 0.2) is 11.6 Å². The van der Waals surface area contributed by atoms with E-state index in [9.17, 15) is 18.4 Å². The second-order valence-electron chi connectivity index (χ2n) is 3.25. The fraction of sp³-hybridized carbons (Fsp3) is 0. The van der Waals surface area contributed by atoms with Crippen LogP contribution in [0.15, 0.2) is 21.5 Å². The lowest BCUT2D eigenvalue weighted by molar-refractivity contribution is 0.0695. The first-order valence-corrected chi connectivity index (χ1v) is 5.15. The lowest BCUT2D eigenvalue weighted by Crippen LogP contribution is -2.16. The molecule has 0 amide bonds. The average Bonchev–Trinajstić information content (AvgIpc) is 2.27. The first-order chi connectivity index (χ1) is 7.93. The Bertz CT molecular complexity index is 696. The Morgan fingerprint density at radius 1 is 1.41 bits per heavy atom. The highest BCUT2D eigenvalue weighted by Crippen LogP contribution is 2.25. The summed E-state index contributed by atoms with van der Waals surface area (Å²) in [4.78, 5) is 24.8. The number of fused-ring (bicyclic) bond motifs is 1. The molecular formula is C10H4BrF2NO3. The van der Waals surface area contributed by atoms with Crippen LogP contribution in [-0.4, -0.2) is 16.1 Å². The van der Waals surface area contributed by atoms with Crippen molar-refractivity contribution in [3.63, 3.8) is 0 Å². The molecule has 0 spiro atoms. The van der Waals surface area contributed by atoms with Crippen LogP contribution in [0.1, 0.15) is 10.4 Å². The SMILES string of the molecule is O=C(O)c1c[nH]c2c(Br)c(F)c(F)cc2c1=O. The number of aromatic amines is 1. The fourth-order valence-corrected chi connectivity index (χ4v) is 1.95. The van der Waals surface area contributed by atoms with Crippen molar-refractivity contribution in [3.8, 4) is 0 Å². The topological polar surface area (TPSA) is 70.2 Å². The molecule has 2 aromatic rings. The van der Waals surface area contributed by atoms with E-state index >= 15 is 0 Å². The van der Waals surface area contributed by atoms with Crippen LogP contribution in [0, 0.1) is 11.6 Å². The number of aromatic carboxylic acids is 1. The maximum absolute atomic E-state index is 13.2. The number of benzene rings is 1. The monoisotopic (exact) mass is 303 g/mol. The van der Waals surface area contributed by atoms with Gasteiger partial charge in [0.2, 0.25) is 5.43 Å². The molecule has 0 unspecified atom stereocenters. The lowest BCUT2D eigenvalue weighted by atomic mass is 10.1. The van der Waals surface area contributed by atoms with E-state index in [4.69, 9.17) is 5.11 Å².